The van der Waals surface area contributed by atoms with Gasteiger partial charge in [-0.1, -0.05) is 70.7 Å². The van der Waals surface area contributed by atoms with Gasteiger partial charge in [-0.2, -0.15) is 0 Å². The summed E-state index contributed by atoms with van der Waals surface area (Å²) in [6, 6.07) is 8.70. The summed E-state index contributed by atoms with van der Waals surface area (Å²) >= 11 is 0. The zero-order chi connectivity index (χ0) is 31.4. The van der Waals surface area contributed by atoms with Gasteiger partial charge in [0.25, 0.3) is 0 Å². The molecule has 3 rings (SSSR count). The molecular weight excluding hydrogens is 560 g/mol. The molecule has 7 unspecified atom stereocenters. The van der Waals surface area contributed by atoms with Crippen LogP contribution in [0.2, 0.25) is 0 Å². The summed E-state index contributed by atoms with van der Waals surface area (Å²) in [6.07, 6.45) is 3.50. The molecular formula is C36H62O8. The maximum Gasteiger partial charge on any atom is 0.200 e. The van der Waals surface area contributed by atoms with Crippen molar-refractivity contribution in [1.82, 2.24) is 0 Å². The topological polar surface area (TPSA) is 134 Å². The lowest BCUT2D eigenvalue weighted by Crippen LogP contribution is -2.48. The predicted molar refractivity (Wildman–Crippen MR) is 181 cm³/mol. The van der Waals surface area contributed by atoms with E-state index in [9.17, 15) is 19.8 Å². The van der Waals surface area contributed by atoms with Gasteiger partial charge >= 0.3 is 0 Å². The molecule has 0 amide bonds. The van der Waals surface area contributed by atoms with Crippen molar-refractivity contribution < 1.29 is 39.5 Å². The Kier molecular flexibility index (Phi) is 22.2. The molecule has 1 heterocycles. The third-order valence-electron chi connectivity index (χ3n) is 8.14. The van der Waals surface area contributed by atoms with Crippen LogP contribution in [0, 0.1) is 23.7 Å². The quantitative estimate of drug-likeness (QED) is 0.169. The smallest absolute Gasteiger partial charge is 0.200 e. The second-order valence-electron chi connectivity index (χ2n) is 11.0. The fraction of sp³-hybridized carbons (Fsp3) is 0.611. The number of rotatable bonds is 8. The molecule has 0 saturated carbocycles. The molecule has 2 aromatic carbocycles. The molecule has 0 radical (unpaired) electrons. The van der Waals surface area contributed by atoms with Crippen LogP contribution in [0.1, 0.15) is 118 Å². The number of carbonyl (C=O) groups is 2. The summed E-state index contributed by atoms with van der Waals surface area (Å²) in [7, 11) is 1.79. The lowest BCUT2D eigenvalue weighted by Gasteiger charge is -2.43. The number of methoxy groups -OCH3 is 1. The van der Waals surface area contributed by atoms with Gasteiger partial charge in [0.2, 0.25) is 0 Å². The van der Waals surface area contributed by atoms with Crippen LogP contribution in [0.3, 0.4) is 0 Å². The van der Waals surface area contributed by atoms with Crippen molar-refractivity contribution in [2.45, 2.75) is 115 Å². The van der Waals surface area contributed by atoms with Crippen LogP contribution in [-0.2, 0) is 9.47 Å². The standard InChI is InChI=1S/C11H14O4.C11H22O2.C11H14O2.3CH4/c1-3-6(2)10(14)7-4-8(12)11(15)9(13)5-7;1-6-10-11(12-5)8(3)7(2)9(4)13-10;1-3-8(2)11(13)9-4-6-10(12)7-5-9;;;/h4-6,12-13,15H,3H2,1-2H3;7-11H,6H2,1-5H3;4-8,12H,3H2,1-2H3;3*1H4. The number of ether oxygens (including phenoxy) is 2. The van der Waals surface area contributed by atoms with Gasteiger partial charge in [0.05, 0.1) is 18.3 Å². The van der Waals surface area contributed by atoms with Crippen molar-refractivity contribution in [2.24, 2.45) is 23.7 Å². The first-order valence-electron chi connectivity index (χ1n) is 14.5. The van der Waals surface area contributed by atoms with E-state index in [1.54, 1.807) is 26.2 Å². The molecule has 254 valence electrons. The Balaban J connectivity index is -0.000000556. The summed E-state index contributed by atoms with van der Waals surface area (Å²) in [5.74, 6) is -0.324. The SMILES string of the molecule is C.C.C.CCC(C)C(=O)c1cc(O)c(O)c(O)c1.CCC(C)C(=O)c1ccc(O)cc1.CCC1OC(C)C(C)C(C)C1OC. The van der Waals surface area contributed by atoms with E-state index in [-0.39, 0.29) is 69.2 Å². The van der Waals surface area contributed by atoms with Crippen LogP contribution in [0.5, 0.6) is 23.0 Å². The number of phenols is 4. The summed E-state index contributed by atoms with van der Waals surface area (Å²) in [5, 5.41) is 36.6. The average Bonchev–Trinajstić information content (AvgIpc) is 2.97. The van der Waals surface area contributed by atoms with Crippen molar-refractivity contribution >= 4 is 11.6 Å². The van der Waals surface area contributed by atoms with E-state index in [0.717, 1.165) is 25.0 Å². The van der Waals surface area contributed by atoms with E-state index in [1.165, 1.54) is 12.1 Å². The van der Waals surface area contributed by atoms with E-state index in [0.29, 0.717) is 29.9 Å². The molecule has 1 aliphatic heterocycles. The van der Waals surface area contributed by atoms with Gasteiger partial charge in [-0.3, -0.25) is 9.59 Å². The fourth-order valence-electron chi connectivity index (χ4n) is 4.55. The second kappa shape index (κ2) is 21.6. The number of benzene rings is 2. The minimum absolute atomic E-state index is 0. The zero-order valence-electron chi connectivity index (χ0n) is 26.0. The normalized spacial score (nSPS) is 21.6. The van der Waals surface area contributed by atoms with Crippen LogP contribution < -0.4 is 0 Å². The van der Waals surface area contributed by atoms with Gasteiger partial charge in [-0.25, -0.2) is 0 Å². The maximum atomic E-state index is 11.7. The molecule has 1 aliphatic rings. The summed E-state index contributed by atoms with van der Waals surface area (Å²) in [5.41, 5.74) is 0.879. The molecule has 2 aromatic rings. The zero-order valence-corrected chi connectivity index (χ0v) is 26.0. The number of phenolic OH excluding ortho intramolecular Hbond substituents is 4. The Labute approximate surface area is 267 Å². The van der Waals surface area contributed by atoms with Gasteiger partial charge in [-0.05, 0) is 74.4 Å². The molecule has 44 heavy (non-hydrogen) atoms. The summed E-state index contributed by atoms with van der Waals surface area (Å²) < 4.78 is 11.4. The van der Waals surface area contributed by atoms with Crippen molar-refractivity contribution in [2.75, 3.05) is 7.11 Å². The minimum atomic E-state index is -0.601. The molecule has 7 atom stereocenters. The fourth-order valence-corrected chi connectivity index (χ4v) is 4.55. The molecule has 0 spiro atoms. The Bertz CT molecular complexity index is 1070. The number of Topliss-reactive ketones (excluding diaryl/α,β-unsaturated/α-hetero) is 2. The monoisotopic (exact) mass is 622 g/mol. The van der Waals surface area contributed by atoms with E-state index < -0.39 is 17.2 Å². The lowest BCUT2D eigenvalue weighted by atomic mass is 9.81. The number of ketones is 2. The molecule has 1 saturated heterocycles. The predicted octanol–water partition coefficient (Wildman–Crippen LogP) is 9.03. The second-order valence-corrected chi connectivity index (χ2v) is 11.0. The maximum absolute atomic E-state index is 11.7. The third-order valence-corrected chi connectivity index (χ3v) is 8.14. The highest BCUT2D eigenvalue weighted by atomic mass is 16.5. The molecule has 4 N–H and O–H groups in total. The summed E-state index contributed by atoms with van der Waals surface area (Å²) in [6.45, 7) is 16.4. The Morgan fingerprint density at radius 1 is 0.773 bits per heavy atom. The molecule has 0 bridgehead atoms. The largest absolute Gasteiger partial charge is 0.508 e. The minimum Gasteiger partial charge on any atom is -0.508 e. The highest BCUT2D eigenvalue weighted by Crippen LogP contribution is 2.36. The number of carbonyl (C=O) groups excluding carboxylic acids is 2. The van der Waals surface area contributed by atoms with E-state index in [1.807, 2.05) is 20.8 Å². The Morgan fingerprint density at radius 3 is 1.59 bits per heavy atom. The van der Waals surface area contributed by atoms with Gasteiger partial charge in [-0.15, -0.1) is 0 Å². The van der Waals surface area contributed by atoms with Gasteiger partial charge in [0.1, 0.15) is 5.75 Å². The highest BCUT2D eigenvalue weighted by Gasteiger charge is 2.38. The van der Waals surface area contributed by atoms with Crippen molar-refractivity contribution in [3.63, 3.8) is 0 Å². The van der Waals surface area contributed by atoms with Gasteiger partial charge in [0, 0.05) is 30.1 Å². The molecule has 0 aromatic heterocycles. The van der Waals surface area contributed by atoms with Gasteiger partial charge < -0.3 is 29.9 Å². The molecule has 8 nitrogen and oxygen atoms in total. The number of hydrogen-bond acceptors (Lipinski definition) is 8. The number of aromatic hydroxyl groups is 4. The van der Waals surface area contributed by atoms with Crippen molar-refractivity contribution in [3.8, 4) is 23.0 Å². The Hall–Kier alpha value is -3.10. The molecule has 0 aliphatic carbocycles. The number of hydrogen-bond donors (Lipinski definition) is 4. The van der Waals surface area contributed by atoms with E-state index in [2.05, 4.69) is 27.7 Å². The van der Waals surface area contributed by atoms with E-state index >= 15 is 0 Å². The average molecular weight is 623 g/mol. The molecule has 8 heteroatoms. The van der Waals surface area contributed by atoms with E-state index in [4.69, 9.17) is 19.7 Å². The van der Waals surface area contributed by atoms with Crippen LogP contribution in [0.4, 0.5) is 0 Å². The first-order valence-corrected chi connectivity index (χ1v) is 14.5. The lowest BCUT2D eigenvalue weighted by molar-refractivity contribution is -0.172. The van der Waals surface area contributed by atoms with Crippen LogP contribution in [0.15, 0.2) is 36.4 Å². The molecule has 1 fully saturated rings. The van der Waals surface area contributed by atoms with Crippen molar-refractivity contribution in [3.05, 3.63) is 47.5 Å². The first kappa shape index (κ1) is 45.3. The first-order chi connectivity index (χ1) is 19.2. The van der Waals surface area contributed by atoms with Crippen molar-refractivity contribution in [1.29, 1.82) is 0 Å². The third kappa shape index (κ3) is 12.5. The highest BCUT2D eigenvalue weighted by molar-refractivity contribution is 5.99. The van der Waals surface area contributed by atoms with Crippen LogP contribution in [0.25, 0.3) is 0 Å². The summed E-state index contributed by atoms with van der Waals surface area (Å²) in [4.78, 5) is 23.3. The Morgan fingerprint density at radius 2 is 1.20 bits per heavy atom. The van der Waals surface area contributed by atoms with Gasteiger partial charge in [0.15, 0.2) is 28.8 Å². The van der Waals surface area contributed by atoms with Crippen LogP contribution >= 0.6 is 0 Å². The van der Waals surface area contributed by atoms with Crippen LogP contribution in [-0.4, -0.2) is 57.4 Å².